The molecule has 1 aliphatic rings. The quantitative estimate of drug-likeness (QED) is 0.605. The first-order valence-corrected chi connectivity index (χ1v) is 9.06. The van der Waals surface area contributed by atoms with Gasteiger partial charge in [-0.3, -0.25) is 14.5 Å². The first-order valence-electron chi connectivity index (χ1n) is 8.07. The molecule has 0 bridgehead atoms. The Balaban J connectivity index is 1.53. The smallest absolute Gasteiger partial charge is 0.234 e. The van der Waals surface area contributed by atoms with Crippen molar-refractivity contribution in [2.24, 2.45) is 0 Å². The molecule has 0 aliphatic carbocycles. The summed E-state index contributed by atoms with van der Waals surface area (Å²) in [4.78, 5) is 28.4. The highest BCUT2D eigenvalue weighted by Gasteiger charge is 2.19. The van der Waals surface area contributed by atoms with Gasteiger partial charge in [-0.05, 0) is 24.3 Å². The van der Waals surface area contributed by atoms with Crippen molar-refractivity contribution < 1.29 is 9.59 Å². The summed E-state index contributed by atoms with van der Waals surface area (Å²) >= 11 is 1.81. The second kappa shape index (κ2) is 9.57. The molecule has 1 heterocycles. The van der Waals surface area contributed by atoms with Crippen LogP contribution in [0.4, 0.5) is 0 Å². The van der Waals surface area contributed by atoms with E-state index in [-0.39, 0.29) is 11.8 Å². The van der Waals surface area contributed by atoms with Gasteiger partial charge in [-0.1, -0.05) is 18.2 Å². The fourth-order valence-electron chi connectivity index (χ4n) is 2.49. The van der Waals surface area contributed by atoms with Crippen molar-refractivity contribution in [3.63, 3.8) is 0 Å². The van der Waals surface area contributed by atoms with Crippen molar-refractivity contribution in [3.05, 3.63) is 30.3 Å². The Morgan fingerprint density at radius 3 is 2.48 bits per heavy atom. The van der Waals surface area contributed by atoms with Crippen LogP contribution in [0.25, 0.3) is 0 Å². The third-order valence-corrected chi connectivity index (χ3v) is 4.94. The summed E-state index contributed by atoms with van der Waals surface area (Å²) in [7, 11) is 0. The predicted octanol–water partition coefficient (Wildman–Crippen LogP) is 1.45. The van der Waals surface area contributed by atoms with Crippen LogP contribution in [0.1, 0.15) is 13.3 Å². The molecule has 0 unspecified atom stereocenters. The average Bonchev–Trinajstić information content (AvgIpc) is 2.56. The zero-order chi connectivity index (χ0) is 16.5. The lowest BCUT2D eigenvalue weighted by Gasteiger charge is -2.33. The Morgan fingerprint density at radius 2 is 1.83 bits per heavy atom. The fraction of sp³-hybridized carbons (Fsp3) is 0.529. The minimum atomic E-state index is 0.0750. The van der Waals surface area contributed by atoms with Crippen molar-refractivity contribution in [2.45, 2.75) is 18.2 Å². The van der Waals surface area contributed by atoms with E-state index in [1.807, 2.05) is 34.9 Å². The van der Waals surface area contributed by atoms with E-state index in [4.69, 9.17) is 0 Å². The molecule has 6 heteroatoms. The van der Waals surface area contributed by atoms with Crippen molar-refractivity contribution in [2.75, 3.05) is 45.0 Å². The van der Waals surface area contributed by atoms with E-state index < -0.39 is 0 Å². The number of nitrogens with zero attached hydrogens (tertiary/aromatic N) is 2. The zero-order valence-corrected chi connectivity index (χ0v) is 14.5. The molecule has 1 aliphatic heterocycles. The molecule has 1 fully saturated rings. The molecule has 1 aromatic carbocycles. The second-order valence-corrected chi connectivity index (χ2v) is 6.82. The Hall–Kier alpha value is -1.53. The van der Waals surface area contributed by atoms with E-state index in [9.17, 15) is 9.59 Å². The molecular formula is C17H25N3O2S. The van der Waals surface area contributed by atoms with Gasteiger partial charge >= 0.3 is 0 Å². The van der Waals surface area contributed by atoms with E-state index >= 15 is 0 Å². The van der Waals surface area contributed by atoms with Crippen molar-refractivity contribution in [1.82, 2.24) is 15.1 Å². The predicted molar refractivity (Wildman–Crippen MR) is 93.5 cm³/mol. The Labute approximate surface area is 142 Å². The molecular weight excluding hydrogens is 310 g/mol. The molecule has 2 rings (SSSR count). The van der Waals surface area contributed by atoms with Gasteiger partial charge in [0, 0.05) is 44.5 Å². The summed E-state index contributed by atoms with van der Waals surface area (Å²) in [5.41, 5.74) is 0. The number of benzene rings is 1. The lowest BCUT2D eigenvalue weighted by molar-refractivity contribution is -0.131. The first-order chi connectivity index (χ1) is 11.1. The molecule has 2 amide bonds. The van der Waals surface area contributed by atoms with Gasteiger partial charge in [-0.2, -0.15) is 0 Å². The summed E-state index contributed by atoms with van der Waals surface area (Å²) in [5.74, 6) is 1.19. The van der Waals surface area contributed by atoms with E-state index in [2.05, 4.69) is 22.3 Å². The van der Waals surface area contributed by atoms with Gasteiger partial charge in [0.2, 0.25) is 11.8 Å². The Kier molecular flexibility index (Phi) is 7.42. The number of thioether (sulfide) groups is 1. The van der Waals surface area contributed by atoms with Gasteiger partial charge in [0.15, 0.2) is 0 Å². The number of hydrogen-bond donors (Lipinski definition) is 1. The maximum absolute atomic E-state index is 11.9. The maximum Gasteiger partial charge on any atom is 0.234 e. The van der Waals surface area contributed by atoms with E-state index in [1.54, 1.807) is 6.92 Å². The third-order valence-electron chi connectivity index (χ3n) is 3.84. The molecule has 0 aromatic heterocycles. The topological polar surface area (TPSA) is 52.7 Å². The normalized spacial score (nSPS) is 15.4. The number of hydrogen-bond acceptors (Lipinski definition) is 4. The lowest BCUT2D eigenvalue weighted by atomic mass is 10.3. The van der Waals surface area contributed by atoms with Crippen LogP contribution in [-0.4, -0.2) is 66.6 Å². The average molecular weight is 335 g/mol. The van der Waals surface area contributed by atoms with Gasteiger partial charge in [0.25, 0.3) is 0 Å². The van der Waals surface area contributed by atoms with Crippen molar-refractivity contribution in [3.8, 4) is 0 Å². The van der Waals surface area contributed by atoms with Gasteiger partial charge in [-0.15, -0.1) is 11.8 Å². The highest BCUT2D eigenvalue weighted by atomic mass is 32.2. The molecule has 1 N–H and O–H groups in total. The highest BCUT2D eigenvalue weighted by Crippen LogP contribution is 2.17. The second-order valence-electron chi connectivity index (χ2n) is 5.65. The van der Waals surface area contributed by atoms with Gasteiger partial charge in [0.05, 0.1) is 6.54 Å². The van der Waals surface area contributed by atoms with Gasteiger partial charge in [-0.25, -0.2) is 0 Å². The van der Waals surface area contributed by atoms with Crippen LogP contribution in [0, 0.1) is 0 Å². The lowest BCUT2D eigenvalue weighted by Crippen LogP contribution is -2.50. The summed E-state index contributed by atoms with van der Waals surface area (Å²) in [6.07, 6.45) is 0.962. The van der Waals surface area contributed by atoms with Crippen LogP contribution in [0.5, 0.6) is 0 Å². The van der Waals surface area contributed by atoms with Gasteiger partial charge < -0.3 is 10.2 Å². The molecule has 126 valence electrons. The van der Waals surface area contributed by atoms with E-state index in [1.165, 1.54) is 4.90 Å². The molecule has 1 aromatic rings. The first kappa shape index (κ1) is 17.8. The largest absolute Gasteiger partial charge is 0.355 e. The van der Waals surface area contributed by atoms with Crippen LogP contribution in [0.3, 0.4) is 0 Å². The van der Waals surface area contributed by atoms with Crippen LogP contribution in [0.15, 0.2) is 35.2 Å². The molecule has 5 nitrogen and oxygen atoms in total. The number of nitrogens with one attached hydrogen (secondary N) is 1. The van der Waals surface area contributed by atoms with Crippen molar-refractivity contribution in [1.29, 1.82) is 0 Å². The molecule has 0 radical (unpaired) electrons. The molecule has 0 saturated carbocycles. The molecule has 23 heavy (non-hydrogen) atoms. The van der Waals surface area contributed by atoms with Crippen LogP contribution in [-0.2, 0) is 9.59 Å². The monoisotopic (exact) mass is 335 g/mol. The maximum atomic E-state index is 11.9. The minimum absolute atomic E-state index is 0.0750. The third kappa shape index (κ3) is 6.62. The van der Waals surface area contributed by atoms with Crippen LogP contribution >= 0.6 is 11.8 Å². The van der Waals surface area contributed by atoms with Crippen LogP contribution < -0.4 is 5.32 Å². The number of carbonyl (C=O) groups excluding carboxylic acids is 2. The minimum Gasteiger partial charge on any atom is -0.355 e. The standard InChI is InChI=1S/C17H25N3O2S/c1-15(21)20-11-9-19(10-12-20)14-17(22)18-8-5-13-23-16-6-3-2-4-7-16/h2-4,6-7H,5,8-14H2,1H3,(H,18,22). The van der Waals surface area contributed by atoms with E-state index in [0.717, 1.165) is 38.4 Å². The number of piperazine rings is 1. The number of carbonyl (C=O) groups is 2. The summed E-state index contributed by atoms with van der Waals surface area (Å²) in [5, 5.41) is 2.98. The highest BCUT2D eigenvalue weighted by molar-refractivity contribution is 7.99. The summed E-state index contributed by atoms with van der Waals surface area (Å²) in [6.45, 7) is 5.72. The van der Waals surface area contributed by atoms with Gasteiger partial charge in [0.1, 0.15) is 0 Å². The zero-order valence-electron chi connectivity index (χ0n) is 13.7. The van der Waals surface area contributed by atoms with Crippen molar-refractivity contribution >= 4 is 23.6 Å². The number of amides is 2. The molecule has 1 saturated heterocycles. The van der Waals surface area contributed by atoms with E-state index in [0.29, 0.717) is 13.1 Å². The molecule has 0 spiro atoms. The SMILES string of the molecule is CC(=O)N1CCN(CC(=O)NCCCSc2ccccc2)CC1. The molecule has 0 atom stereocenters. The summed E-state index contributed by atoms with van der Waals surface area (Å²) < 4.78 is 0. The fourth-order valence-corrected chi connectivity index (χ4v) is 3.36. The Bertz CT molecular complexity index is 502. The summed E-state index contributed by atoms with van der Waals surface area (Å²) in [6, 6.07) is 10.3. The van der Waals surface area contributed by atoms with Crippen LogP contribution in [0.2, 0.25) is 0 Å². The Morgan fingerprint density at radius 1 is 1.13 bits per heavy atom. The number of rotatable bonds is 7.